The Labute approximate surface area is 198 Å². The van der Waals surface area contributed by atoms with Crippen LogP contribution in [0.15, 0.2) is 70.3 Å². The predicted molar refractivity (Wildman–Crippen MR) is 126 cm³/mol. The van der Waals surface area contributed by atoms with Crippen LogP contribution in [0, 0.1) is 5.41 Å². The van der Waals surface area contributed by atoms with Crippen molar-refractivity contribution in [1.82, 2.24) is 0 Å². The second-order valence-electron chi connectivity index (χ2n) is 8.99. The summed E-state index contributed by atoms with van der Waals surface area (Å²) in [6.07, 6.45) is -2.86. The number of fused-ring (bicyclic) bond motifs is 1. The highest BCUT2D eigenvalue weighted by molar-refractivity contribution is 9.11. The van der Waals surface area contributed by atoms with Crippen molar-refractivity contribution in [3.05, 3.63) is 75.9 Å². The lowest BCUT2D eigenvalue weighted by molar-refractivity contribution is -0.170. The van der Waals surface area contributed by atoms with Crippen LogP contribution in [0.25, 0.3) is 6.08 Å². The van der Waals surface area contributed by atoms with Gasteiger partial charge in [0.2, 0.25) is 0 Å². The predicted octanol–water partition coefficient (Wildman–Crippen LogP) is 6.46. The average Bonchev–Trinajstić information content (AvgIpc) is 2.86. The minimum absolute atomic E-state index is 0.0586. The highest BCUT2D eigenvalue weighted by atomic mass is 79.9. The molecule has 4 rings (SSSR count). The van der Waals surface area contributed by atoms with Crippen LogP contribution in [-0.4, -0.2) is 23.9 Å². The van der Waals surface area contributed by atoms with Gasteiger partial charge in [-0.3, -0.25) is 14.5 Å². The van der Waals surface area contributed by atoms with E-state index in [1.807, 2.05) is 19.9 Å². The standard InChI is InChI=1S/C25H22BrF3N2O2/c1-24(2)13-18-21(20(32)14-24)22(16(26)12-15-8-4-3-5-9-15)31(23(33)25(27,28)29)19-11-7-6-10-17(19)30-18/h3-12,22,30H,13-14H2,1-2H3/b16-12-. The van der Waals surface area contributed by atoms with Crippen molar-refractivity contribution in [2.45, 2.75) is 38.9 Å². The Hall–Kier alpha value is -2.87. The fourth-order valence-electron chi connectivity index (χ4n) is 4.40. The zero-order chi connectivity index (χ0) is 24.0. The monoisotopic (exact) mass is 518 g/mol. The maximum atomic E-state index is 13.8. The number of nitrogens with one attached hydrogen (secondary N) is 1. The smallest absolute Gasteiger partial charge is 0.357 e. The summed E-state index contributed by atoms with van der Waals surface area (Å²) >= 11 is 3.44. The normalized spacial score (nSPS) is 20.5. The van der Waals surface area contributed by atoms with Crippen LogP contribution in [-0.2, 0) is 9.59 Å². The number of amides is 1. The molecule has 0 bridgehead atoms. The number of nitrogens with zero attached hydrogens (tertiary/aromatic N) is 1. The number of para-hydroxylation sites is 2. The Morgan fingerprint density at radius 3 is 2.39 bits per heavy atom. The first kappa shape index (κ1) is 23.3. The van der Waals surface area contributed by atoms with Gasteiger partial charge in [0.15, 0.2) is 5.78 Å². The van der Waals surface area contributed by atoms with Gasteiger partial charge in [0, 0.05) is 22.2 Å². The second kappa shape index (κ2) is 8.48. The molecule has 0 radical (unpaired) electrons. The van der Waals surface area contributed by atoms with Crippen molar-refractivity contribution in [2.75, 3.05) is 10.2 Å². The number of carbonyl (C=O) groups excluding carboxylic acids is 2. The fraction of sp³-hybridized carbons (Fsp3) is 0.280. The summed E-state index contributed by atoms with van der Waals surface area (Å²) in [6, 6.07) is 14.0. The van der Waals surface area contributed by atoms with Gasteiger partial charge in [-0.05, 0) is 35.6 Å². The number of benzene rings is 2. The molecule has 0 saturated heterocycles. The molecular formula is C25H22BrF3N2O2. The summed E-state index contributed by atoms with van der Waals surface area (Å²) in [5.41, 5.74) is 1.45. The molecular weight excluding hydrogens is 497 g/mol. The van der Waals surface area contributed by atoms with Crippen LogP contribution in [0.1, 0.15) is 32.3 Å². The van der Waals surface area contributed by atoms with E-state index in [-0.39, 0.29) is 33.4 Å². The van der Waals surface area contributed by atoms with Crippen LogP contribution in [0.4, 0.5) is 24.5 Å². The molecule has 1 unspecified atom stereocenters. The lowest BCUT2D eigenvalue weighted by atomic mass is 9.74. The van der Waals surface area contributed by atoms with Gasteiger partial charge in [0.05, 0.1) is 17.4 Å². The van der Waals surface area contributed by atoms with Gasteiger partial charge in [-0.1, -0.05) is 72.2 Å². The molecule has 8 heteroatoms. The molecule has 1 amide bonds. The molecule has 1 aliphatic carbocycles. The van der Waals surface area contributed by atoms with Crippen LogP contribution >= 0.6 is 15.9 Å². The minimum atomic E-state index is -5.13. The number of allylic oxidation sites excluding steroid dienone is 1. The van der Waals surface area contributed by atoms with E-state index in [1.165, 1.54) is 6.07 Å². The van der Waals surface area contributed by atoms with Crippen molar-refractivity contribution in [3.8, 4) is 0 Å². The highest BCUT2D eigenvalue weighted by Gasteiger charge is 2.50. The van der Waals surface area contributed by atoms with Crippen LogP contribution < -0.4 is 10.2 Å². The first-order valence-electron chi connectivity index (χ1n) is 10.4. The summed E-state index contributed by atoms with van der Waals surface area (Å²) in [6.45, 7) is 3.88. The second-order valence-corrected chi connectivity index (χ2v) is 9.91. The molecule has 4 nitrogen and oxygen atoms in total. The number of ketones is 1. The Morgan fingerprint density at radius 2 is 1.73 bits per heavy atom. The van der Waals surface area contributed by atoms with Crippen molar-refractivity contribution >= 4 is 45.1 Å². The van der Waals surface area contributed by atoms with Crippen molar-refractivity contribution in [1.29, 1.82) is 0 Å². The summed E-state index contributed by atoms with van der Waals surface area (Å²) in [7, 11) is 0. The molecule has 0 spiro atoms. The van der Waals surface area contributed by atoms with E-state index in [0.717, 1.165) is 5.56 Å². The Balaban J connectivity index is 2.00. The van der Waals surface area contributed by atoms with Gasteiger partial charge in [0.1, 0.15) is 0 Å². The van der Waals surface area contributed by atoms with E-state index >= 15 is 0 Å². The average molecular weight is 519 g/mol. The van der Waals surface area contributed by atoms with E-state index in [4.69, 9.17) is 0 Å². The SMILES string of the molecule is CC1(C)CC(=O)C2=C(C1)Nc1ccccc1N(C(=O)C(F)(F)F)C2/C(Br)=C/c1ccccc1. The molecule has 1 N–H and O–H groups in total. The first-order chi connectivity index (χ1) is 15.5. The molecule has 0 fully saturated rings. The largest absolute Gasteiger partial charge is 0.471 e. The number of hydrogen-bond donors (Lipinski definition) is 1. The number of rotatable bonds is 2. The van der Waals surface area contributed by atoms with Crippen molar-refractivity contribution < 1.29 is 22.8 Å². The number of hydrogen-bond acceptors (Lipinski definition) is 3. The zero-order valence-electron chi connectivity index (χ0n) is 18.0. The molecule has 0 saturated carbocycles. The van der Waals surface area contributed by atoms with E-state index < -0.39 is 18.1 Å². The molecule has 172 valence electrons. The third kappa shape index (κ3) is 4.62. The van der Waals surface area contributed by atoms with E-state index in [2.05, 4.69) is 21.2 Å². The van der Waals surface area contributed by atoms with Crippen LogP contribution in [0.2, 0.25) is 0 Å². The molecule has 2 aromatic rings. The van der Waals surface area contributed by atoms with E-state index in [9.17, 15) is 22.8 Å². The van der Waals surface area contributed by atoms with Crippen molar-refractivity contribution in [3.63, 3.8) is 0 Å². The summed E-state index contributed by atoms with van der Waals surface area (Å²) < 4.78 is 41.7. The molecule has 2 aliphatic rings. The highest BCUT2D eigenvalue weighted by Crippen LogP contribution is 2.47. The molecule has 1 aliphatic heterocycles. The van der Waals surface area contributed by atoms with Crippen LogP contribution in [0.3, 0.4) is 0 Å². The van der Waals surface area contributed by atoms with Crippen LogP contribution in [0.5, 0.6) is 0 Å². The van der Waals surface area contributed by atoms with Gasteiger partial charge >= 0.3 is 12.1 Å². The maximum absolute atomic E-state index is 13.8. The van der Waals surface area contributed by atoms with E-state index in [0.29, 0.717) is 22.7 Å². The van der Waals surface area contributed by atoms with Gasteiger partial charge in [-0.15, -0.1) is 0 Å². The molecule has 2 aromatic carbocycles. The minimum Gasteiger partial charge on any atom is -0.357 e. The van der Waals surface area contributed by atoms with Gasteiger partial charge < -0.3 is 5.32 Å². The maximum Gasteiger partial charge on any atom is 0.471 e. The zero-order valence-corrected chi connectivity index (χ0v) is 19.6. The number of alkyl halides is 3. The quantitative estimate of drug-likeness (QED) is 0.496. The third-order valence-corrected chi connectivity index (χ3v) is 6.39. The third-order valence-electron chi connectivity index (χ3n) is 5.73. The van der Waals surface area contributed by atoms with E-state index in [1.54, 1.807) is 48.5 Å². The van der Waals surface area contributed by atoms with Gasteiger partial charge in [-0.2, -0.15) is 13.2 Å². The molecule has 1 atom stereocenters. The molecule has 1 heterocycles. The van der Waals surface area contributed by atoms with Gasteiger partial charge in [-0.25, -0.2) is 0 Å². The lowest BCUT2D eigenvalue weighted by Crippen LogP contribution is -2.50. The Kier molecular flexibility index (Phi) is 5.99. The topological polar surface area (TPSA) is 49.4 Å². The lowest BCUT2D eigenvalue weighted by Gasteiger charge is -2.37. The summed E-state index contributed by atoms with van der Waals surface area (Å²) in [4.78, 5) is 26.9. The van der Waals surface area contributed by atoms with Crippen molar-refractivity contribution in [2.24, 2.45) is 5.41 Å². The first-order valence-corrected chi connectivity index (χ1v) is 11.2. The number of Topliss-reactive ketones (excluding diaryl/α,β-unsaturated/α-hetero) is 1. The number of halogens is 4. The molecule has 33 heavy (non-hydrogen) atoms. The fourth-order valence-corrected chi connectivity index (χ4v) is 5.09. The number of anilines is 2. The Bertz CT molecular complexity index is 1170. The number of carbonyl (C=O) groups is 2. The summed E-state index contributed by atoms with van der Waals surface area (Å²) in [5, 5.41) is 3.18. The molecule has 0 aromatic heterocycles. The van der Waals surface area contributed by atoms with Gasteiger partial charge in [0.25, 0.3) is 0 Å². The summed E-state index contributed by atoms with van der Waals surface area (Å²) in [5.74, 6) is -2.32. The Morgan fingerprint density at radius 1 is 1.09 bits per heavy atom.